The molecule has 0 bridgehead atoms. The monoisotopic (exact) mass is 241 g/mol. The SMILES string of the molecule is CC(C)(CNC1CCSC1)C1CCCCC1. The lowest BCUT2D eigenvalue weighted by Crippen LogP contribution is -2.41. The first-order chi connectivity index (χ1) is 7.68. The van der Waals surface area contributed by atoms with Crippen LogP contribution in [0.25, 0.3) is 0 Å². The van der Waals surface area contributed by atoms with E-state index in [1.165, 1.54) is 56.6 Å². The molecule has 1 saturated carbocycles. The van der Waals surface area contributed by atoms with Crippen molar-refractivity contribution in [2.75, 3.05) is 18.1 Å². The van der Waals surface area contributed by atoms with Gasteiger partial charge in [0.25, 0.3) is 0 Å². The van der Waals surface area contributed by atoms with E-state index in [1.54, 1.807) is 0 Å². The molecule has 16 heavy (non-hydrogen) atoms. The number of hydrogen-bond donors (Lipinski definition) is 1. The summed E-state index contributed by atoms with van der Waals surface area (Å²) < 4.78 is 0. The van der Waals surface area contributed by atoms with Crippen LogP contribution < -0.4 is 5.32 Å². The van der Waals surface area contributed by atoms with Crippen molar-refractivity contribution in [1.82, 2.24) is 5.32 Å². The minimum Gasteiger partial charge on any atom is -0.313 e. The number of rotatable bonds is 4. The van der Waals surface area contributed by atoms with Gasteiger partial charge in [0.1, 0.15) is 0 Å². The lowest BCUT2D eigenvalue weighted by Gasteiger charge is -2.38. The van der Waals surface area contributed by atoms with Crippen LogP contribution in [0.15, 0.2) is 0 Å². The van der Waals surface area contributed by atoms with E-state index in [9.17, 15) is 0 Å². The maximum atomic E-state index is 3.80. The zero-order valence-electron chi connectivity index (χ0n) is 10.9. The maximum absolute atomic E-state index is 3.80. The molecule has 1 nitrogen and oxygen atoms in total. The first-order valence-corrected chi connectivity index (χ1v) is 8.15. The number of hydrogen-bond acceptors (Lipinski definition) is 2. The van der Waals surface area contributed by atoms with Gasteiger partial charge in [0.05, 0.1) is 0 Å². The minimum atomic E-state index is 0.508. The third kappa shape index (κ3) is 3.40. The Bertz CT molecular complexity index is 203. The summed E-state index contributed by atoms with van der Waals surface area (Å²) in [7, 11) is 0. The third-order valence-corrected chi connectivity index (χ3v) is 5.65. The summed E-state index contributed by atoms with van der Waals surface area (Å²) in [5.41, 5.74) is 0.508. The fraction of sp³-hybridized carbons (Fsp3) is 1.00. The van der Waals surface area contributed by atoms with Gasteiger partial charge in [-0.3, -0.25) is 0 Å². The summed E-state index contributed by atoms with van der Waals surface area (Å²) in [5, 5.41) is 3.80. The van der Waals surface area contributed by atoms with Crippen LogP contribution in [0, 0.1) is 11.3 Å². The van der Waals surface area contributed by atoms with Crippen molar-refractivity contribution in [1.29, 1.82) is 0 Å². The second-order valence-electron chi connectivity index (χ2n) is 6.26. The molecule has 2 aliphatic rings. The highest BCUT2D eigenvalue weighted by Crippen LogP contribution is 2.37. The second-order valence-corrected chi connectivity index (χ2v) is 7.41. The molecule has 1 saturated heterocycles. The molecule has 0 amide bonds. The van der Waals surface area contributed by atoms with Crippen molar-refractivity contribution in [2.45, 2.75) is 58.4 Å². The van der Waals surface area contributed by atoms with E-state index in [4.69, 9.17) is 0 Å². The summed E-state index contributed by atoms with van der Waals surface area (Å²) in [6.07, 6.45) is 8.72. The van der Waals surface area contributed by atoms with E-state index in [0.717, 1.165) is 12.0 Å². The predicted octanol–water partition coefficient (Wildman–Crippen LogP) is 3.69. The molecule has 2 heteroatoms. The van der Waals surface area contributed by atoms with Crippen molar-refractivity contribution in [3.05, 3.63) is 0 Å². The van der Waals surface area contributed by atoms with Crippen LogP contribution in [0.3, 0.4) is 0 Å². The Morgan fingerprint density at radius 2 is 1.88 bits per heavy atom. The Morgan fingerprint density at radius 3 is 2.50 bits per heavy atom. The molecule has 0 aromatic rings. The summed E-state index contributed by atoms with van der Waals surface area (Å²) in [6.45, 7) is 6.17. The van der Waals surface area contributed by atoms with Gasteiger partial charge in [0, 0.05) is 18.3 Å². The molecule has 1 heterocycles. The molecular formula is C14H27NS. The Balaban J connectivity index is 1.76. The molecule has 1 N–H and O–H groups in total. The smallest absolute Gasteiger partial charge is 0.0166 e. The largest absolute Gasteiger partial charge is 0.313 e. The molecule has 2 fully saturated rings. The van der Waals surface area contributed by atoms with Gasteiger partial charge < -0.3 is 5.32 Å². The van der Waals surface area contributed by atoms with Crippen LogP contribution in [0.4, 0.5) is 0 Å². The lowest BCUT2D eigenvalue weighted by molar-refractivity contribution is 0.150. The summed E-state index contributed by atoms with van der Waals surface area (Å²) in [5.74, 6) is 3.66. The highest BCUT2D eigenvalue weighted by Gasteiger charge is 2.31. The molecule has 2 rings (SSSR count). The molecule has 0 aromatic carbocycles. The summed E-state index contributed by atoms with van der Waals surface area (Å²) in [6, 6.07) is 0.799. The molecule has 1 aliphatic carbocycles. The molecule has 1 aliphatic heterocycles. The van der Waals surface area contributed by atoms with Crippen molar-refractivity contribution in [3.63, 3.8) is 0 Å². The average molecular weight is 241 g/mol. The Labute approximate surface area is 105 Å². The van der Waals surface area contributed by atoms with Gasteiger partial charge in [-0.1, -0.05) is 33.1 Å². The summed E-state index contributed by atoms with van der Waals surface area (Å²) in [4.78, 5) is 0. The van der Waals surface area contributed by atoms with E-state index in [-0.39, 0.29) is 0 Å². The van der Waals surface area contributed by atoms with Crippen LogP contribution in [0.1, 0.15) is 52.4 Å². The second kappa shape index (κ2) is 5.77. The molecular weight excluding hydrogens is 214 g/mol. The van der Waals surface area contributed by atoms with Gasteiger partial charge in [-0.05, 0) is 36.3 Å². The minimum absolute atomic E-state index is 0.508. The molecule has 0 aromatic heterocycles. The first-order valence-electron chi connectivity index (χ1n) is 6.99. The highest BCUT2D eigenvalue weighted by atomic mass is 32.2. The van der Waals surface area contributed by atoms with Crippen molar-refractivity contribution < 1.29 is 0 Å². The van der Waals surface area contributed by atoms with Crippen molar-refractivity contribution in [3.8, 4) is 0 Å². The standard InChI is InChI=1S/C14H27NS/c1-14(2,12-6-4-3-5-7-12)11-15-13-8-9-16-10-13/h12-13,15H,3-11H2,1-2H3. The molecule has 1 atom stereocenters. The topological polar surface area (TPSA) is 12.0 Å². The maximum Gasteiger partial charge on any atom is 0.0166 e. The van der Waals surface area contributed by atoms with E-state index >= 15 is 0 Å². The van der Waals surface area contributed by atoms with E-state index in [2.05, 4.69) is 30.9 Å². The van der Waals surface area contributed by atoms with Crippen LogP contribution in [0.5, 0.6) is 0 Å². The molecule has 94 valence electrons. The Morgan fingerprint density at radius 1 is 1.12 bits per heavy atom. The van der Waals surface area contributed by atoms with Gasteiger partial charge in [-0.15, -0.1) is 0 Å². The number of thioether (sulfide) groups is 1. The van der Waals surface area contributed by atoms with Gasteiger partial charge in [0.2, 0.25) is 0 Å². The number of nitrogens with one attached hydrogen (secondary N) is 1. The lowest BCUT2D eigenvalue weighted by atomic mass is 9.71. The van der Waals surface area contributed by atoms with Crippen LogP contribution in [-0.4, -0.2) is 24.1 Å². The Kier molecular flexibility index (Phi) is 4.60. The van der Waals surface area contributed by atoms with Gasteiger partial charge in [-0.25, -0.2) is 0 Å². The van der Waals surface area contributed by atoms with Gasteiger partial charge >= 0.3 is 0 Å². The predicted molar refractivity (Wildman–Crippen MR) is 74.1 cm³/mol. The quantitative estimate of drug-likeness (QED) is 0.805. The average Bonchev–Trinajstić information content (AvgIpc) is 2.81. The van der Waals surface area contributed by atoms with Crippen molar-refractivity contribution in [2.24, 2.45) is 11.3 Å². The first kappa shape index (κ1) is 12.8. The zero-order valence-corrected chi connectivity index (χ0v) is 11.7. The summed E-state index contributed by atoms with van der Waals surface area (Å²) >= 11 is 2.11. The van der Waals surface area contributed by atoms with Crippen molar-refractivity contribution >= 4 is 11.8 Å². The van der Waals surface area contributed by atoms with Crippen LogP contribution in [0.2, 0.25) is 0 Å². The fourth-order valence-corrected chi connectivity index (χ4v) is 4.32. The van der Waals surface area contributed by atoms with E-state index in [1.807, 2.05) is 0 Å². The fourth-order valence-electron chi connectivity index (χ4n) is 3.13. The molecule has 0 radical (unpaired) electrons. The van der Waals surface area contributed by atoms with E-state index in [0.29, 0.717) is 5.41 Å². The molecule has 0 spiro atoms. The van der Waals surface area contributed by atoms with Crippen LogP contribution in [-0.2, 0) is 0 Å². The van der Waals surface area contributed by atoms with Crippen LogP contribution >= 0.6 is 11.8 Å². The molecule has 1 unspecified atom stereocenters. The third-order valence-electron chi connectivity index (χ3n) is 4.49. The van der Waals surface area contributed by atoms with Gasteiger partial charge in [0.15, 0.2) is 0 Å². The Hall–Kier alpha value is 0.310. The van der Waals surface area contributed by atoms with E-state index < -0.39 is 0 Å². The highest BCUT2D eigenvalue weighted by molar-refractivity contribution is 7.99. The normalized spacial score (nSPS) is 28.5. The zero-order chi connectivity index (χ0) is 11.4. The van der Waals surface area contributed by atoms with Gasteiger partial charge in [-0.2, -0.15) is 11.8 Å².